The van der Waals surface area contributed by atoms with Gasteiger partial charge in [0.05, 0.1) is 6.04 Å². The summed E-state index contributed by atoms with van der Waals surface area (Å²) in [7, 11) is 0. The average Bonchev–Trinajstić information content (AvgIpc) is 2.38. The van der Waals surface area contributed by atoms with Crippen molar-refractivity contribution in [2.24, 2.45) is 11.7 Å². The van der Waals surface area contributed by atoms with Crippen LogP contribution in [-0.4, -0.2) is 24.0 Å². The van der Waals surface area contributed by atoms with Crippen molar-refractivity contribution < 1.29 is 8.78 Å². The molecule has 0 radical (unpaired) electrons. The molecule has 2 N–H and O–H groups in total. The van der Waals surface area contributed by atoms with Crippen LogP contribution in [0.3, 0.4) is 0 Å². The molecule has 19 heavy (non-hydrogen) atoms. The molecule has 1 aliphatic heterocycles. The van der Waals surface area contributed by atoms with Crippen LogP contribution in [0.25, 0.3) is 0 Å². The molecular weight excluding hydrogens is 246 g/mol. The zero-order chi connectivity index (χ0) is 14.0. The van der Waals surface area contributed by atoms with Crippen LogP contribution < -0.4 is 5.73 Å². The summed E-state index contributed by atoms with van der Waals surface area (Å²) in [5, 5.41) is 0. The van der Waals surface area contributed by atoms with Crippen LogP contribution in [0.1, 0.15) is 38.3 Å². The van der Waals surface area contributed by atoms with E-state index in [2.05, 4.69) is 18.7 Å². The first-order valence-electron chi connectivity index (χ1n) is 6.96. The minimum absolute atomic E-state index is 0.117. The maximum absolute atomic E-state index is 13.9. The third-order valence-corrected chi connectivity index (χ3v) is 4.38. The standard InChI is InChI=1S/C15H22F2N2/c1-10-5-4-8-19(11(10)2)14(9-18)15-12(16)6-3-7-13(15)17/h3,6-7,10-11,14H,4-5,8-9,18H2,1-2H3. The first-order chi connectivity index (χ1) is 9.06. The molecule has 3 atom stereocenters. The summed E-state index contributed by atoms with van der Waals surface area (Å²) in [4.78, 5) is 2.15. The topological polar surface area (TPSA) is 29.3 Å². The Morgan fingerprint density at radius 3 is 2.53 bits per heavy atom. The molecule has 0 bridgehead atoms. The fourth-order valence-electron chi connectivity index (χ4n) is 3.06. The number of rotatable bonds is 3. The molecule has 0 spiro atoms. The van der Waals surface area contributed by atoms with Gasteiger partial charge in [0.2, 0.25) is 0 Å². The van der Waals surface area contributed by atoms with Gasteiger partial charge in [0.15, 0.2) is 0 Å². The van der Waals surface area contributed by atoms with Crippen molar-refractivity contribution >= 4 is 0 Å². The van der Waals surface area contributed by atoms with Crippen molar-refractivity contribution in [3.8, 4) is 0 Å². The van der Waals surface area contributed by atoms with Crippen molar-refractivity contribution in [3.63, 3.8) is 0 Å². The number of likely N-dealkylation sites (tertiary alicyclic amines) is 1. The van der Waals surface area contributed by atoms with Gasteiger partial charge in [-0.25, -0.2) is 8.78 Å². The Kier molecular flexibility index (Phi) is 4.53. The highest BCUT2D eigenvalue weighted by Crippen LogP contribution is 2.33. The summed E-state index contributed by atoms with van der Waals surface area (Å²) in [6, 6.07) is 3.92. The van der Waals surface area contributed by atoms with E-state index in [1.54, 1.807) is 0 Å². The molecule has 2 rings (SSSR count). The SMILES string of the molecule is CC1CCCN(C(CN)c2c(F)cccc2F)C1C. The Morgan fingerprint density at radius 2 is 1.95 bits per heavy atom. The third-order valence-electron chi connectivity index (χ3n) is 4.38. The van der Waals surface area contributed by atoms with E-state index in [1.807, 2.05) is 0 Å². The Hall–Kier alpha value is -1.00. The molecule has 1 heterocycles. The number of nitrogens with zero attached hydrogens (tertiary/aromatic N) is 1. The second-order valence-corrected chi connectivity index (χ2v) is 5.48. The summed E-state index contributed by atoms with van der Waals surface area (Å²) in [5.41, 5.74) is 5.92. The molecule has 1 aliphatic rings. The Balaban J connectivity index is 2.34. The highest BCUT2D eigenvalue weighted by molar-refractivity contribution is 5.24. The molecule has 0 saturated carbocycles. The van der Waals surface area contributed by atoms with E-state index >= 15 is 0 Å². The number of halogens is 2. The predicted octanol–water partition coefficient (Wildman–Crippen LogP) is 3.09. The average molecular weight is 268 g/mol. The van der Waals surface area contributed by atoms with Crippen molar-refractivity contribution in [1.82, 2.24) is 4.90 Å². The fourth-order valence-corrected chi connectivity index (χ4v) is 3.06. The molecule has 0 aliphatic carbocycles. The van der Waals surface area contributed by atoms with E-state index in [4.69, 9.17) is 5.73 Å². The minimum Gasteiger partial charge on any atom is -0.329 e. The molecule has 106 valence electrons. The lowest BCUT2D eigenvalue weighted by Crippen LogP contribution is -2.47. The molecule has 1 aromatic carbocycles. The van der Waals surface area contributed by atoms with E-state index < -0.39 is 11.6 Å². The molecular formula is C15H22F2N2. The van der Waals surface area contributed by atoms with Gasteiger partial charge in [-0.3, -0.25) is 4.90 Å². The van der Waals surface area contributed by atoms with Crippen LogP contribution in [0.5, 0.6) is 0 Å². The molecule has 1 fully saturated rings. The largest absolute Gasteiger partial charge is 0.329 e. The van der Waals surface area contributed by atoms with Crippen LogP contribution in [-0.2, 0) is 0 Å². The first-order valence-corrected chi connectivity index (χ1v) is 6.96. The molecule has 2 nitrogen and oxygen atoms in total. The van der Waals surface area contributed by atoms with E-state index in [1.165, 1.54) is 18.2 Å². The normalized spacial score (nSPS) is 26.4. The lowest BCUT2D eigenvalue weighted by molar-refractivity contribution is 0.0677. The van der Waals surface area contributed by atoms with Crippen molar-refractivity contribution in [2.75, 3.05) is 13.1 Å². The molecule has 1 aromatic rings. The van der Waals surface area contributed by atoms with Gasteiger partial charge < -0.3 is 5.73 Å². The van der Waals surface area contributed by atoms with E-state index in [-0.39, 0.29) is 18.2 Å². The van der Waals surface area contributed by atoms with Crippen LogP contribution in [0, 0.1) is 17.6 Å². The number of nitrogens with two attached hydrogens (primary N) is 1. The lowest BCUT2D eigenvalue weighted by atomic mass is 9.89. The highest BCUT2D eigenvalue weighted by Gasteiger charge is 2.32. The fraction of sp³-hybridized carbons (Fsp3) is 0.600. The highest BCUT2D eigenvalue weighted by atomic mass is 19.1. The second kappa shape index (κ2) is 5.97. The molecule has 0 amide bonds. The van der Waals surface area contributed by atoms with Crippen LogP contribution in [0.15, 0.2) is 18.2 Å². The zero-order valence-corrected chi connectivity index (χ0v) is 11.6. The van der Waals surface area contributed by atoms with Crippen LogP contribution in [0.2, 0.25) is 0 Å². The van der Waals surface area contributed by atoms with Crippen molar-refractivity contribution in [1.29, 1.82) is 0 Å². The Morgan fingerprint density at radius 1 is 1.32 bits per heavy atom. The minimum atomic E-state index is -0.499. The first kappa shape index (κ1) is 14.4. The third kappa shape index (κ3) is 2.79. The van der Waals surface area contributed by atoms with Gasteiger partial charge in [0, 0.05) is 18.2 Å². The Bertz CT molecular complexity index is 416. The quantitative estimate of drug-likeness (QED) is 0.912. The summed E-state index contributed by atoms with van der Waals surface area (Å²) in [6.07, 6.45) is 2.22. The maximum Gasteiger partial charge on any atom is 0.130 e. The van der Waals surface area contributed by atoms with Gasteiger partial charge in [-0.1, -0.05) is 13.0 Å². The van der Waals surface area contributed by atoms with E-state index in [0.29, 0.717) is 12.0 Å². The van der Waals surface area contributed by atoms with Crippen molar-refractivity contribution in [3.05, 3.63) is 35.4 Å². The maximum atomic E-state index is 13.9. The summed E-state index contributed by atoms with van der Waals surface area (Å²) in [5.74, 6) is -0.473. The molecule has 1 saturated heterocycles. The van der Waals surface area contributed by atoms with E-state index in [9.17, 15) is 8.78 Å². The van der Waals surface area contributed by atoms with Gasteiger partial charge in [0.1, 0.15) is 11.6 Å². The number of hydrogen-bond acceptors (Lipinski definition) is 2. The van der Waals surface area contributed by atoms with Gasteiger partial charge in [-0.2, -0.15) is 0 Å². The number of piperidine rings is 1. The summed E-state index contributed by atoms with van der Waals surface area (Å²) < 4.78 is 27.9. The van der Waals surface area contributed by atoms with Crippen LogP contribution >= 0.6 is 0 Å². The lowest BCUT2D eigenvalue weighted by Gasteiger charge is -2.42. The zero-order valence-electron chi connectivity index (χ0n) is 11.6. The number of benzene rings is 1. The van der Waals surface area contributed by atoms with Crippen molar-refractivity contribution in [2.45, 2.75) is 38.8 Å². The molecule has 4 heteroatoms. The molecule has 3 unspecified atom stereocenters. The van der Waals surface area contributed by atoms with Gasteiger partial charge in [-0.05, 0) is 44.4 Å². The summed E-state index contributed by atoms with van der Waals surface area (Å²) >= 11 is 0. The van der Waals surface area contributed by atoms with Gasteiger partial charge >= 0.3 is 0 Å². The Labute approximate surface area is 113 Å². The van der Waals surface area contributed by atoms with E-state index in [0.717, 1.165) is 19.4 Å². The smallest absolute Gasteiger partial charge is 0.130 e. The van der Waals surface area contributed by atoms with Crippen LogP contribution in [0.4, 0.5) is 8.78 Å². The van der Waals surface area contributed by atoms with Gasteiger partial charge in [0.25, 0.3) is 0 Å². The second-order valence-electron chi connectivity index (χ2n) is 5.48. The summed E-state index contributed by atoms with van der Waals surface area (Å²) in [6.45, 7) is 5.38. The molecule has 0 aromatic heterocycles. The predicted molar refractivity (Wildman–Crippen MR) is 72.7 cm³/mol. The monoisotopic (exact) mass is 268 g/mol. The number of hydrogen-bond donors (Lipinski definition) is 1. The van der Waals surface area contributed by atoms with Gasteiger partial charge in [-0.15, -0.1) is 0 Å².